The minimum absolute atomic E-state index is 0.0912. The number of carbonyl (C=O) groups excluding carboxylic acids is 1. The zero-order chi connectivity index (χ0) is 20.4. The summed E-state index contributed by atoms with van der Waals surface area (Å²) in [5, 5.41) is 0. The lowest BCUT2D eigenvalue weighted by molar-refractivity contribution is -0.160. The Morgan fingerprint density at radius 2 is 1.93 bits per heavy atom. The molecule has 3 heterocycles. The Labute approximate surface area is 168 Å². The predicted molar refractivity (Wildman–Crippen MR) is 104 cm³/mol. The predicted octanol–water partition coefficient (Wildman–Crippen LogP) is 3.51. The van der Waals surface area contributed by atoms with Crippen molar-refractivity contribution in [3.8, 4) is 0 Å². The molecule has 5 nitrogen and oxygen atoms in total. The molecule has 0 unspecified atom stereocenters. The normalized spacial score (nSPS) is 14.0. The van der Waals surface area contributed by atoms with Gasteiger partial charge in [0, 0.05) is 31.4 Å². The number of nitrogens with zero attached hydrogens (tertiary/aromatic N) is 4. The SMILES string of the molecule is Cc1cccnc1C(F)(F)C(=O)N1CCc2c(ncn2CCc2ccccc2)C1. The van der Waals surface area contributed by atoms with E-state index in [9.17, 15) is 13.6 Å². The standard InChI is InChI=1S/C22H22F2N4O/c1-16-6-5-11-25-20(16)22(23,24)21(29)27-13-10-19-18(14-27)26-15-28(19)12-9-17-7-3-2-4-8-17/h2-8,11,15H,9-10,12-14H2,1H3. The van der Waals surface area contributed by atoms with Gasteiger partial charge in [0.25, 0.3) is 5.91 Å². The van der Waals surface area contributed by atoms with Gasteiger partial charge in [-0.15, -0.1) is 0 Å². The average Bonchev–Trinajstić information content (AvgIpc) is 3.15. The molecular formula is C22H22F2N4O. The number of hydrogen-bond acceptors (Lipinski definition) is 3. The van der Waals surface area contributed by atoms with Gasteiger partial charge in [0.15, 0.2) is 0 Å². The molecule has 2 aromatic heterocycles. The molecule has 0 saturated carbocycles. The van der Waals surface area contributed by atoms with Crippen LogP contribution in [0.25, 0.3) is 0 Å². The van der Waals surface area contributed by atoms with Gasteiger partial charge in [-0.2, -0.15) is 8.78 Å². The lowest BCUT2D eigenvalue weighted by atomic mass is 10.1. The molecule has 0 N–H and O–H groups in total. The third-order valence-corrected chi connectivity index (χ3v) is 5.34. The van der Waals surface area contributed by atoms with Crippen molar-refractivity contribution in [2.24, 2.45) is 0 Å². The molecule has 0 saturated heterocycles. The molecule has 1 aliphatic heterocycles. The highest BCUT2D eigenvalue weighted by molar-refractivity contribution is 5.85. The zero-order valence-corrected chi connectivity index (χ0v) is 16.2. The monoisotopic (exact) mass is 396 g/mol. The maximum atomic E-state index is 14.8. The van der Waals surface area contributed by atoms with Crippen molar-refractivity contribution in [1.29, 1.82) is 0 Å². The fourth-order valence-corrected chi connectivity index (χ4v) is 3.74. The lowest BCUT2D eigenvalue weighted by Gasteiger charge is -2.30. The van der Waals surface area contributed by atoms with Gasteiger partial charge in [0.05, 0.1) is 18.6 Å². The molecule has 7 heteroatoms. The topological polar surface area (TPSA) is 51.0 Å². The number of rotatable bonds is 5. The summed E-state index contributed by atoms with van der Waals surface area (Å²) in [6, 6.07) is 13.3. The number of halogens is 2. The van der Waals surface area contributed by atoms with E-state index < -0.39 is 17.5 Å². The third kappa shape index (κ3) is 3.77. The molecule has 29 heavy (non-hydrogen) atoms. The number of hydrogen-bond donors (Lipinski definition) is 0. The molecule has 0 aliphatic carbocycles. The first kappa shape index (κ1) is 19.2. The summed E-state index contributed by atoms with van der Waals surface area (Å²) in [5.41, 5.74) is 2.75. The van der Waals surface area contributed by atoms with Gasteiger partial charge in [0.1, 0.15) is 5.69 Å². The van der Waals surface area contributed by atoms with Crippen LogP contribution in [0.3, 0.4) is 0 Å². The molecule has 0 spiro atoms. The summed E-state index contributed by atoms with van der Waals surface area (Å²) >= 11 is 0. The van der Waals surface area contributed by atoms with E-state index in [2.05, 4.69) is 26.7 Å². The molecule has 1 aliphatic rings. The van der Waals surface area contributed by atoms with Crippen LogP contribution in [0.4, 0.5) is 8.78 Å². The second-order valence-electron chi connectivity index (χ2n) is 7.29. The number of aryl methyl sites for hydroxylation is 3. The van der Waals surface area contributed by atoms with E-state index in [1.54, 1.807) is 12.4 Å². The minimum atomic E-state index is -3.65. The summed E-state index contributed by atoms with van der Waals surface area (Å²) in [5.74, 6) is -4.87. The van der Waals surface area contributed by atoms with Crippen LogP contribution >= 0.6 is 0 Å². The maximum absolute atomic E-state index is 14.8. The second-order valence-corrected chi connectivity index (χ2v) is 7.29. The molecule has 1 amide bonds. The Morgan fingerprint density at radius 3 is 2.69 bits per heavy atom. The third-order valence-electron chi connectivity index (χ3n) is 5.34. The maximum Gasteiger partial charge on any atom is 0.366 e. The summed E-state index contributed by atoms with van der Waals surface area (Å²) < 4.78 is 31.7. The van der Waals surface area contributed by atoms with Crippen molar-refractivity contribution < 1.29 is 13.6 Å². The number of carbonyl (C=O) groups is 1. The second kappa shape index (κ2) is 7.73. The zero-order valence-electron chi connectivity index (χ0n) is 16.2. The number of aromatic nitrogens is 3. The van der Waals surface area contributed by atoms with Gasteiger partial charge in [-0.25, -0.2) is 4.98 Å². The first-order valence-corrected chi connectivity index (χ1v) is 9.63. The lowest BCUT2D eigenvalue weighted by Crippen LogP contribution is -2.45. The van der Waals surface area contributed by atoms with Crippen molar-refractivity contribution in [2.75, 3.05) is 6.54 Å². The molecule has 3 aromatic rings. The smallest absolute Gasteiger partial charge is 0.334 e. The molecule has 0 bridgehead atoms. The number of pyridine rings is 1. The molecule has 0 atom stereocenters. The van der Waals surface area contributed by atoms with Gasteiger partial charge >= 0.3 is 5.92 Å². The van der Waals surface area contributed by atoms with Crippen molar-refractivity contribution in [3.05, 3.63) is 83.2 Å². The molecular weight excluding hydrogens is 374 g/mol. The Bertz CT molecular complexity index is 1020. The highest BCUT2D eigenvalue weighted by Gasteiger charge is 2.47. The minimum Gasteiger partial charge on any atom is -0.334 e. The van der Waals surface area contributed by atoms with E-state index in [0.717, 1.165) is 18.7 Å². The fourth-order valence-electron chi connectivity index (χ4n) is 3.74. The van der Waals surface area contributed by atoms with Crippen LogP contribution in [0, 0.1) is 6.92 Å². The van der Waals surface area contributed by atoms with Gasteiger partial charge in [-0.3, -0.25) is 9.78 Å². The quantitative estimate of drug-likeness (QED) is 0.663. The summed E-state index contributed by atoms with van der Waals surface area (Å²) in [4.78, 5) is 21.9. The van der Waals surface area contributed by atoms with Gasteiger partial charge in [-0.1, -0.05) is 36.4 Å². The van der Waals surface area contributed by atoms with Crippen LogP contribution in [0.1, 0.15) is 28.2 Å². The van der Waals surface area contributed by atoms with Crippen LogP contribution in [0.2, 0.25) is 0 Å². The first-order chi connectivity index (χ1) is 14.0. The first-order valence-electron chi connectivity index (χ1n) is 9.63. The Morgan fingerprint density at radius 1 is 1.14 bits per heavy atom. The van der Waals surface area contributed by atoms with Crippen molar-refractivity contribution in [2.45, 2.75) is 38.8 Å². The van der Waals surface area contributed by atoms with Crippen LogP contribution in [-0.4, -0.2) is 31.9 Å². The number of benzene rings is 1. The van der Waals surface area contributed by atoms with E-state index in [4.69, 9.17) is 0 Å². The van der Waals surface area contributed by atoms with Crippen molar-refractivity contribution >= 4 is 5.91 Å². The van der Waals surface area contributed by atoms with Crippen molar-refractivity contribution in [3.63, 3.8) is 0 Å². The Balaban J connectivity index is 1.47. The Hall–Kier alpha value is -3.09. The molecule has 4 rings (SSSR count). The van der Waals surface area contributed by atoms with Crippen molar-refractivity contribution in [1.82, 2.24) is 19.4 Å². The number of amides is 1. The molecule has 1 aromatic carbocycles. The summed E-state index contributed by atoms with van der Waals surface area (Å²) in [6.45, 7) is 2.63. The van der Waals surface area contributed by atoms with E-state index in [1.165, 1.54) is 29.7 Å². The highest BCUT2D eigenvalue weighted by Crippen LogP contribution is 2.32. The molecule has 150 valence electrons. The van der Waals surface area contributed by atoms with Crippen LogP contribution < -0.4 is 0 Å². The molecule has 0 fully saturated rings. The number of fused-ring (bicyclic) bond motifs is 1. The van der Waals surface area contributed by atoms with E-state index in [1.807, 2.05) is 18.2 Å². The van der Waals surface area contributed by atoms with E-state index in [-0.39, 0.29) is 13.1 Å². The summed E-state index contributed by atoms with van der Waals surface area (Å²) in [6.07, 6.45) is 4.39. The largest absolute Gasteiger partial charge is 0.366 e. The van der Waals surface area contributed by atoms with Gasteiger partial charge in [0.2, 0.25) is 0 Å². The fraction of sp³-hybridized carbons (Fsp3) is 0.318. The van der Waals surface area contributed by atoms with Gasteiger partial charge in [-0.05, 0) is 30.5 Å². The number of imidazole rings is 1. The van der Waals surface area contributed by atoms with E-state index in [0.29, 0.717) is 17.7 Å². The van der Waals surface area contributed by atoms with Crippen LogP contribution in [-0.2, 0) is 36.6 Å². The highest BCUT2D eigenvalue weighted by atomic mass is 19.3. The Kier molecular flexibility index (Phi) is 5.13. The van der Waals surface area contributed by atoms with Gasteiger partial charge < -0.3 is 9.47 Å². The molecule has 0 radical (unpaired) electrons. The van der Waals surface area contributed by atoms with Crippen LogP contribution in [0.5, 0.6) is 0 Å². The van der Waals surface area contributed by atoms with E-state index >= 15 is 0 Å². The average molecular weight is 396 g/mol. The number of alkyl halides is 2. The van der Waals surface area contributed by atoms with Crippen LogP contribution in [0.15, 0.2) is 55.0 Å². The summed E-state index contributed by atoms with van der Waals surface area (Å²) in [7, 11) is 0.